The molecule has 0 aliphatic heterocycles. The second kappa shape index (κ2) is 10.9. The molecule has 0 aromatic heterocycles. The SMILES string of the molecule is N#CCc1ccc(OCc2cccc(NC(=O)NCC(O)c3ccc(F)c(F)c3)c2)cc1. The average molecular weight is 437 g/mol. The molecule has 3 aromatic rings. The van der Waals surface area contributed by atoms with Crippen molar-refractivity contribution in [2.24, 2.45) is 0 Å². The van der Waals surface area contributed by atoms with E-state index in [1.165, 1.54) is 6.07 Å². The molecule has 6 nitrogen and oxygen atoms in total. The number of aliphatic hydroxyl groups is 1. The molecule has 164 valence electrons. The molecule has 0 radical (unpaired) electrons. The number of hydrogen-bond acceptors (Lipinski definition) is 4. The van der Waals surface area contributed by atoms with Crippen molar-refractivity contribution in [3.8, 4) is 11.8 Å². The molecule has 0 saturated heterocycles. The summed E-state index contributed by atoms with van der Waals surface area (Å²) in [5.41, 5.74) is 2.41. The number of halogens is 2. The van der Waals surface area contributed by atoms with Crippen LogP contribution in [0.3, 0.4) is 0 Å². The topological polar surface area (TPSA) is 94.4 Å². The third-order valence-electron chi connectivity index (χ3n) is 4.58. The number of urea groups is 1. The number of nitrogens with one attached hydrogen (secondary N) is 2. The summed E-state index contributed by atoms with van der Waals surface area (Å²) < 4.78 is 32.0. The van der Waals surface area contributed by atoms with Gasteiger partial charge in [-0.1, -0.05) is 30.3 Å². The highest BCUT2D eigenvalue weighted by Crippen LogP contribution is 2.18. The minimum atomic E-state index is -1.19. The second-order valence-electron chi connectivity index (χ2n) is 6.99. The van der Waals surface area contributed by atoms with Gasteiger partial charge in [0.25, 0.3) is 0 Å². The summed E-state index contributed by atoms with van der Waals surface area (Å²) in [5.74, 6) is -1.41. The number of carbonyl (C=O) groups excluding carboxylic acids is 1. The number of anilines is 1. The maximum Gasteiger partial charge on any atom is 0.319 e. The molecule has 0 heterocycles. The number of rotatable bonds is 8. The van der Waals surface area contributed by atoms with Gasteiger partial charge in [-0.15, -0.1) is 0 Å². The van der Waals surface area contributed by atoms with Crippen molar-refractivity contribution in [3.05, 3.63) is 95.1 Å². The quantitative estimate of drug-likeness (QED) is 0.485. The van der Waals surface area contributed by atoms with Crippen molar-refractivity contribution < 1.29 is 23.4 Å². The van der Waals surface area contributed by atoms with E-state index in [2.05, 4.69) is 16.7 Å². The van der Waals surface area contributed by atoms with Crippen LogP contribution >= 0.6 is 0 Å². The lowest BCUT2D eigenvalue weighted by molar-refractivity contribution is 0.174. The lowest BCUT2D eigenvalue weighted by Gasteiger charge is -2.14. The van der Waals surface area contributed by atoms with Gasteiger partial charge in [-0.25, -0.2) is 13.6 Å². The Morgan fingerprint density at radius 1 is 1.03 bits per heavy atom. The van der Waals surface area contributed by atoms with Gasteiger partial charge in [0.1, 0.15) is 12.4 Å². The number of nitriles is 1. The fourth-order valence-electron chi connectivity index (χ4n) is 2.90. The Kier molecular flexibility index (Phi) is 7.73. The van der Waals surface area contributed by atoms with Crippen LogP contribution in [0.15, 0.2) is 66.7 Å². The Hall–Kier alpha value is -3.96. The van der Waals surface area contributed by atoms with Gasteiger partial charge in [0.05, 0.1) is 18.6 Å². The smallest absolute Gasteiger partial charge is 0.319 e. The first-order valence-electron chi connectivity index (χ1n) is 9.80. The van der Waals surface area contributed by atoms with Crippen molar-refractivity contribution in [1.82, 2.24) is 5.32 Å². The molecule has 0 bridgehead atoms. The normalized spacial score (nSPS) is 11.3. The van der Waals surface area contributed by atoms with Crippen LogP contribution in [0.25, 0.3) is 0 Å². The van der Waals surface area contributed by atoms with Crippen molar-refractivity contribution in [3.63, 3.8) is 0 Å². The van der Waals surface area contributed by atoms with Gasteiger partial charge in [-0.05, 0) is 53.1 Å². The van der Waals surface area contributed by atoms with Gasteiger partial charge >= 0.3 is 6.03 Å². The Morgan fingerprint density at radius 3 is 2.53 bits per heavy atom. The van der Waals surface area contributed by atoms with Crippen molar-refractivity contribution in [2.75, 3.05) is 11.9 Å². The molecule has 1 atom stereocenters. The van der Waals surface area contributed by atoms with Crippen molar-refractivity contribution in [1.29, 1.82) is 5.26 Å². The summed E-state index contributed by atoms with van der Waals surface area (Å²) >= 11 is 0. The van der Waals surface area contributed by atoms with Crippen LogP contribution in [-0.4, -0.2) is 17.7 Å². The number of carbonyl (C=O) groups is 1. The van der Waals surface area contributed by atoms with Crippen molar-refractivity contribution in [2.45, 2.75) is 19.1 Å². The zero-order valence-corrected chi connectivity index (χ0v) is 17.0. The minimum absolute atomic E-state index is 0.156. The molecule has 0 spiro atoms. The Labute approximate surface area is 184 Å². The summed E-state index contributed by atoms with van der Waals surface area (Å²) in [4.78, 5) is 12.1. The highest BCUT2D eigenvalue weighted by Gasteiger charge is 2.12. The third kappa shape index (κ3) is 6.52. The molecule has 8 heteroatoms. The van der Waals surface area contributed by atoms with Gasteiger partial charge in [-0.3, -0.25) is 0 Å². The predicted octanol–water partition coefficient (Wildman–Crippen LogP) is 4.46. The number of amides is 2. The zero-order valence-electron chi connectivity index (χ0n) is 17.0. The van der Waals surface area contributed by atoms with E-state index in [0.29, 0.717) is 17.9 Å². The summed E-state index contributed by atoms with van der Waals surface area (Å²) in [6.45, 7) is 0.102. The predicted molar refractivity (Wildman–Crippen MR) is 115 cm³/mol. The van der Waals surface area contributed by atoms with Crippen LogP contribution in [0, 0.1) is 23.0 Å². The maximum atomic E-state index is 13.3. The van der Waals surface area contributed by atoms with Gasteiger partial charge in [0.2, 0.25) is 0 Å². The molecule has 0 fully saturated rings. The fraction of sp³-hybridized carbons (Fsp3) is 0.167. The zero-order chi connectivity index (χ0) is 22.9. The van der Waals surface area contributed by atoms with Crippen LogP contribution in [0.4, 0.5) is 19.3 Å². The lowest BCUT2D eigenvalue weighted by atomic mass is 10.1. The van der Waals surface area contributed by atoms with E-state index in [0.717, 1.165) is 23.3 Å². The number of nitrogens with zero attached hydrogens (tertiary/aromatic N) is 1. The fourth-order valence-corrected chi connectivity index (χ4v) is 2.90. The van der Waals surface area contributed by atoms with Gasteiger partial charge < -0.3 is 20.5 Å². The van der Waals surface area contributed by atoms with Crippen LogP contribution in [0.5, 0.6) is 5.75 Å². The maximum absolute atomic E-state index is 13.3. The first-order valence-corrected chi connectivity index (χ1v) is 9.80. The number of hydrogen-bond donors (Lipinski definition) is 3. The molecule has 3 N–H and O–H groups in total. The molecule has 32 heavy (non-hydrogen) atoms. The highest BCUT2D eigenvalue weighted by atomic mass is 19.2. The monoisotopic (exact) mass is 437 g/mol. The van der Waals surface area contributed by atoms with E-state index >= 15 is 0 Å². The van der Waals surface area contributed by atoms with E-state index < -0.39 is 23.8 Å². The van der Waals surface area contributed by atoms with Crippen LogP contribution in [0.1, 0.15) is 22.8 Å². The van der Waals surface area contributed by atoms with Crippen LogP contribution in [0.2, 0.25) is 0 Å². The molecule has 0 aliphatic rings. The Morgan fingerprint density at radius 2 is 1.81 bits per heavy atom. The van der Waals surface area contributed by atoms with Crippen LogP contribution < -0.4 is 15.4 Å². The van der Waals surface area contributed by atoms with E-state index in [1.54, 1.807) is 30.3 Å². The molecule has 0 saturated carbocycles. The Balaban J connectivity index is 1.49. The third-order valence-corrected chi connectivity index (χ3v) is 4.58. The van der Waals surface area contributed by atoms with Gasteiger partial charge in [0, 0.05) is 12.2 Å². The Bertz CT molecular complexity index is 1110. The van der Waals surface area contributed by atoms with Crippen LogP contribution in [-0.2, 0) is 13.0 Å². The van der Waals surface area contributed by atoms with Gasteiger partial charge in [-0.2, -0.15) is 5.26 Å². The van der Waals surface area contributed by atoms with E-state index in [4.69, 9.17) is 10.00 Å². The summed E-state index contributed by atoms with van der Waals surface area (Å²) in [6, 6.07) is 18.9. The van der Waals surface area contributed by atoms with E-state index in [-0.39, 0.29) is 18.7 Å². The largest absolute Gasteiger partial charge is 0.489 e. The molecular weight excluding hydrogens is 416 g/mol. The summed E-state index contributed by atoms with van der Waals surface area (Å²) in [7, 11) is 0. The molecule has 0 aliphatic carbocycles. The first-order chi connectivity index (χ1) is 15.4. The average Bonchev–Trinajstić information content (AvgIpc) is 2.79. The summed E-state index contributed by atoms with van der Waals surface area (Å²) in [6.07, 6.45) is -0.844. The summed E-state index contributed by atoms with van der Waals surface area (Å²) in [5, 5.41) is 23.9. The minimum Gasteiger partial charge on any atom is -0.489 e. The van der Waals surface area contributed by atoms with Crippen molar-refractivity contribution >= 4 is 11.7 Å². The molecule has 2 amide bonds. The standard InChI is InChI=1S/C24H21F2N3O3/c25-21-9-6-18(13-22(21)26)23(30)14-28-24(31)29-19-3-1-2-17(12-19)15-32-20-7-4-16(5-8-20)10-11-27/h1-9,12-13,23,30H,10,14-15H2,(H2,28,29,31). The molecular formula is C24H21F2N3O3. The number of ether oxygens (including phenoxy) is 1. The van der Waals surface area contributed by atoms with Gasteiger partial charge in [0.15, 0.2) is 11.6 Å². The highest BCUT2D eigenvalue weighted by molar-refractivity contribution is 5.89. The molecule has 3 rings (SSSR count). The number of aliphatic hydroxyl groups excluding tert-OH is 1. The second-order valence-corrected chi connectivity index (χ2v) is 6.99. The lowest BCUT2D eigenvalue weighted by Crippen LogP contribution is -2.32. The number of benzene rings is 3. The molecule has 3 aromatic carbocycles. The van der Waals surface area contributed by atoms with E-state index in [1.807, 2.05) is 18.2 Å². The van der Waals surface area contributed by atoms with E-state index in [9.17, 15) is 18.7 Å². The first kappa shape index (κ1) is 22.7. The molecule has 1 unspecified atom stereocenters.